The van der Waals surface area contributed by atoms with Crippen LogP contribution in [0.2, 0.25) is 0 Å². The molecule has 132 valence electrons. The van der Waals surface area contributed by atoms with Gasteiger partial charge in [0.05, 0.1) is 20.5 Å². The van der Waals surface area contributed by atoms with E-state index in [4.69, 9.17) is 0 Å². The summed E-state index contributed by atoms with van der Waals surface area (Å²) < 4.78 is 2.52. The highest BCUT2D eigenvalue weighted by molar-refractivity contribution is 7.22. The van der Waals surface area contributed by atoms with Crippen molar-refractivity contribution in [2.75, 3.05) is 5.32 Å². The SMILES string of the molecule is Cc1cccn2c(=O)c3cc(C(=O)Nc4nc5ccccc5s4)sc3nc12. The Morgan fingerprint density at radius 1 is 1.11 bits per heavy atom. The van der Waals surface area contributed by atoms with E-state index >= 15 is 0 Å². The molecule has 1 N–H and O–H groups in total. The summed E-state index contributed by atoms with van der Waals surface area (Å²) in [4.78, 5) is 35.4. The van der Waals surface area contributed by atoms with Gasteiger partial charge in [0.15, 0.2) is 5.13 Å². The van der Waals surface area contributed by atoms with E-state index in [2.05, 4.69) is 15.3 Å². The summed E-state index contributed by atoms with van der Waals surface area (Å²) in [6, 6.07) is 13.0. The van der Waals surface area contributed by atoms with Crippen molar-refractivity contribution in [1.82, 2.24) is 14.4 Å². The fraction of sp³-hybridized carbons (Fsp3) is 0.0526. The Balaban J connectivity index is 1.57. The third-order valence-corrected chi connectivity index (χ3v) is 6.25. The van der Waals surface area contributed by atoms with Crippen LogP contribution in [0.15, 0.2) is 53.5 Å². The minimum Gasteiger partial charge on any atom is -0.297 e. The molecule has 1 amide bonds. The van der Waals surface area contributed by atoms with Crippen LogP contribution < -0.4 is 10.9 Å². The number of para-hydroxylation sites is 1. The van der Waals surface area contributed by atoms with Crippen LogP contribution in [0.3, 0.4) is 0 Å². The van der Waals surface area contributed by atoms with Crippen LogP contribution in [0.5, 0.6) is 0 Å². The van der Waals surface area contributed by atoms with E-state index in [-0.39, 0.29) is 11.5 Å². The van der Waals surface area contributed by atoms with Gasteiger partial charge in [-0.1, -0.05) is 29.5 Å². The monoisotopic (exact) mass is 392 g/mol. The predicted molar refractivity (Wildman–Crippen MR) is 109 cm³/mol. The quantitative estimate of drug-likeness (QED) is 0.491. The lowest BCUT2D eigenvalue weighted by atomic mass is 10.3. The molecule has 0 unspecified atom stereocenters. The average molecular weight is 392 g/mol. The molecule has 0 fully saturated rings. The van der Waals surface area contributed by atoms with Crippen LogP contribution in [0.4, 0.5) is 5.13 Å². The van der Waals surface area contributed by atoms with Crippen molar-refractivity contribution in [1.29, 1.82) is 0 Å². The molecular weight excluding hydrogens is 380 g/mol. The van der Waals surface area contributed by atoms with Gasteiger partial charge in [-0.05, 0) is 36.8 Å². The Morgan fingerprint density at radius 2 is 1.96 bits per heavy atom. The zero-order valence-corrected chi connectivity index (χ0v) is 15.7. The predicted octanol–water partition coefficient (Wildman–Crippen LogP) is 4.08. The van der Waals surface area contributed by atoms with Crippen LogP contribution in [0.1, 0.15) is 15.2 Å². The zero-order chi connectivity index (χ0) is 18.5. The number of carbonyl (C=O) groups is 1. The molecule has 1 aromatic carbocycles. The molecule has 6 nitrogen and oxygen atoms in total. The number of fused-ring (bicyclic) bond motifs is 3. The number of rotatable bonds is 2. The minimum absolute atomic E-state index is 0.172. The van der Waals surface area contributed by atoms with Gasteiger partial charge in [-0.3, -0.25) is 19.3 Å². The highest BCUT2D eigenvalue weighted by atomic mass is 32.1. The van der Waals surface area contributed by atoms with Gasteiger partial charge in [-0.25, -0.2) is 9.97 Å². The summed E-state index contributed by atoms with van der Waals surface area (Å²) in [5.41, 5.74) is 2.19. The topological polar surface area (TPSA) is 76.4 Å². The van der Waals surface area contributed by atoms with Crippen molar-refractivity contribution in [2.45, 2.75) is 6.92 Å². The maximum Gasteiger partial charge on any atom is 0.267 e. The molecule has 4 heterocycles. The minimum atomic E-state index is -0.290. The number of benzene rings is 1. The molecule has 4 aromatic heterocycles. The van der Waals surface area contributed by atoms with Gasteiger partial charge in [0, 0.05) is 6.20 Å². The normalized spacial score (nSPS) is 11.4. The maximum absolute atomic E-state index is 12.7. The fourth-order valence-electron chi connectivity index (χ4n) is 2.95. The van der Waals surface area contributed by atoms with Gasteiger partial charge in [0.2, 0.25) is 0 Å². The molecule has 0 aliphatic rings. The first-order valence-corrected chi connectivity index (χ1v) is 9.82. The van der Waals surface area contributed by atoms with Gasteiger partial charge in [0.1, 0.15) is 10.5 Å². The maximum atomic E-state index is 12.7. The number of aromatic nitrogens is 3. The number of thiazole rings is 1. The number of amides is 1. The number of nitrogens with one attached hydrogen (secondary N) is 1. The van der Waals surface area contributed by atoms with Crippen molar-refractivity contribution in [2.24, 2.45) is 0 Å². The lowest BCUT2D eigenvalue weighted by Crippen LogP contribution is -2.14. The Morgan fingerprint density at radius 3 is 2.81 bits per heavy atom. The van der Waals surface area contributed by atoms with E-state index in [1.54, 1.807) is 12.3 Å². The molecule has 0 bridgehead atoms. The van der Waals surface area contributed by atoms with E-state index in [9.17, 15) is 9.59 Å². The number of aryl methyl sites for hydroxylation is 1. The van der Waals surface area contributed by atoms with Gasteiger partial charge in [-0.2, -0.15) is 0 Å². The number of nitrogens with zero attached hydrogens (tertiary/aromatic N) is 3. The summed E-state index contributed by atoms with van der Waals surface area (Å²) >= 11 is 2.62. The third-order valence-electron chi connectivity index (χ3n) is 4.27. The van der Waals surface area contributed by atoms with Crippen molar-refractivity contribution in [3.8, 4) is 0 Å². The van der Waals surface area contributed by atoms with E-state index < -0.39 is 0 Å². The molecule has 27 heavy (non-hydrogen) atoms. The second kappa shape index (κ2) is 5.97. The number of pyridine rings is 1. The lowest BCUT2D eigenvalue weighted by Gasteiger charge is -2.02. The van der Waals surface area contributed by atoms with E-state index in [0.717, 1.165) is 15.8 Å². The van der Waals surface area contributed by atoms with E-state index in [1.165, 1.54) is 27.1 Å². The molecule has 0 saturated heterocycles. The van der Waals surface area contributed by atoms with Gasteiger partial charge < -0.3 is 0 Å². The summed E-state index contributed by atoms with van der Waals surface area (Å²) in [5, 5.41) is 3.80. The molecule has 5 rings (SSSR count). The fourth-order valence-corrected chi connectivity index (χ4v) is 4.73. The molecule has 0 saturated carbocycles. The largest absolute Gasteiger partial charge is 0.297 e. The Labute approximate surface area is 160 Å². The molecule has 0 radical (unpaired) electrons. The average Bonchev–Trinajstić information content (AvgIpc) is 3.26. The number of anilines is 1. The number of hydrogen-bond donors (Lipinski definition) is 1. The van der Waals surface area contributed by atoms with Gasteiger partial charge in [0.25, 0.3) is 11.5 Å². The summed E-state index contributed by atoms with van der Waals surface area (Å²) in [6.45, 7) is 1.90. The molecule has 8 heteroatoms. The first kappa shape index (κ1) is 16.1. The summed E-state index contributed by atoms with van der Waals surface area (Å²) in [6.07, 6.45) is 1.69. The van der Waals surface area contributed by atoms with Crippen LogP contribution in [-0.4, -0.2) is 20.3 Å². The Kier molecular flexibility index (Phi) is 3.56. The van der Waals surface area contributed by atoms with Gasteiger partial charge >= 0.3 is 0 Å². The van der Waals surface area contributed by atoms with Crippen molar-refractivity contribution < 1.29 is 4.79 Å². The number of thiophene rings is 1. The Hall–Kier alpha value is -3.10. The zero-order valence-electron chi connectivity index (χ0n) is 14.1. The van der Waals surface area contributed by atoms with Crippen LogP contribution in [-0.2, 0) is 0 Å². The summed E-state index contributed by atoms with van der Waals surface area (Å²) in [7, 11) is 0. The lowest BCUT2D eigenvalue weighted by molar-refractivity contribution is 0.103. The third kappa shape index (κ3) is 2.61. The van der Waals surface area contributed by atoms with Crippen LogP contribution in [0, 0.1) is 6.92 Å². The molecule has 0 atom stereocenters. The first-order chi connectivity index (χ1) is 13.1. The Bertz CT molecular complexity index is 1380. The van der Waals surface area contributed by atoms with Crippen molar-refractivity contribution in [3.63, 3.8) is 0 Å². The van der Waals surface area contributed by atoms with E-state index in [0.29, 0.717) is 25.9 Å². The van der Waals surface area contributed by atoms with Crippen molar-refractivity contribution in [3.05, 3.63) is 69.5 Å². The first-order valence-electron chi connectivity index (χ1n) is 8.18. The number of hydrogen-bond acceptors (Lipinski definition) is 6. The molecular formula is C19H12N4O2S2. The van der Waals surface area contributed by atoms with Gasteiger partial charge in [-0.15, -0.1) is 11.3 Å². The smallest absolute Gasteiger partial charge is 0.267 e. The second-order valence-electron chi connectivity index (χ2n) is 6.07. The van der Waals surface area contributed by atoms with E-state index in [1.807, 2.05) is 43.3 Å². The van der Waals surface area contributed by atoms with Crippen LogP contribution in [0.25, 0.3) is 26.1 Å². The second-order valence-corrected chi connectivity index (χ2v) is 8.13. The number of carbonyl (C=O) groups excluding carboxylic acids is 1. The van der Waals surface area contributed by atoms with Crippen LogP contribution >= 0.6 is 22.7 Å². The highest BCUT2D eigenvalue weighted by Gasteiger charge is 2.16. The molecule has 5 aromatic rings. The highest BCUT2D eigenvalue weighted by Crippen LogP contribution is 2.27. The molecule has 0 aliphatic heterocycles. The standard InChI is InChI=1S/C19H12N4O2S2/c1-10-5-4-8-23-15(10)21-17-11(18(23)25)9-14(26-17)16(24)22-19-20-12-6-2-3-7-13(12)27-19/h2-9H,1H3,(H,20,22,24). The molecule has 0 spiro atoms. The summed E-state index contributed by atoms with van der Waals surface area (Å²) in [5.74, 6) is -0.290. The van der Waals surface area contributed by atoms with Crippen molar-refractivity contribution >= 4 is 59.8 Å². The molecule has 0 aliphatic carbocycles.